The van der Waals surface area contributed by atoms with Crippen molar-refractivity contribution in [2.45, 2.75) is 11.8 Å². The van der Waals surface area contributed by atoms with Gasteiger partial charge in [-0.3, -0.25) is 0 Å². The molecule has 1 unspecified atom stereocenters. The van der Waals surface area contributed by atoms with E-state index in [1.807, 2.05) is 11.8 Å². The zero-order valence-electron chi connectivity index (χ0n) is 9.90. The zero-order chi connectivity index (χ0) is 12.4. The van der Waals surface area contributed by atoms with E-state index >= 15 is 0 Å². The van der Waals surface area contributed by atoms with Crippen molar-refractivity contribution in [2.24, 2.45) is 0 Å². The lowest BCUT2D eigenvalue weighted by molar-refractivity contribution is 0.871. The summed E-state index contributed by atoms with van der Waals surface area (Å²) in [6.07, 6.45) is 0. The number of hydrogen-bond acceptors (Lipinski definition) is 2. The number of thioether (sulfide) groups is 1. The Morgan fingerprint density at radius 2 is 1.83 bits per heavy atom. The highest BCUT2D eigenvalue weighted by Crippen LogP contribution is 2.33. The standard InChI is InChI=1S/C15H14INS/c16-12-5-7-13(8-6-12)17-15-10-18-9-11-3-1-2-4-14(11)15/h1-8,15,17H,9-10H2. The van der Waals surface area contributed by atoms with Crippen LogP contribution in [0.2, 0.25) is 0 Å². The SMILES string of the molecule is Ic1ccc(NC2CSCc3ccccc32)cc1. The van der Waals surface area contributed by atoms with Crippen LogP contribution in [0.5, 0.6) is 0 Å². The summed E-state index contributed by atoms with van der Waals surface area (Å²) in [6, 6.07) is 17.8. The summed E-state index contributed by atoms with van der Waals surface area (Å²) in [7, 11) is 0. The van der Waals surface area contributed by atoms with Gasteiger partial charge in [0.15, 0.2) is 0 Å². The molecule has 1 nitrogen and oxygen atoms in total. The first kappa shape index (κ1) is 12.4. The Hall–Kier alpha value is -0.680. The Balaban J connectivity index is 1.84. The van der Waals surface area contributed by atoms with E-state index in [9.17, 15) is 0 Å². The second kappa shape index (κ2) is 5.53. The van der Waals surface area contributed by atoms with Gasteiger partial charge in [-0.25, -0.2) is 0 Å². The number of fused-ring (bicyclic) bond motifs is 1. The van der Waals surface area contributed by atoms with Crippen LogP contribution in [0, 0.1) is 3.57 Å². The number of hydrogen-bond donors (Lipinski definition) is 1. The molecule has 0 saturated heterocycles. The largest absolute Gasteiger partial charge is 0.377 e. The first-order valence-corrected chi connectivity index (χ1v) is 8.24. The van der Waals surface area contributed by atoms with E-state index in [-0.39, 0.29) is 0 Å². The van der Waals surface area contributed by atoms with Gasteiger partial charge in [0.1, 0.15) is 0 Å². The van der Waals surface area contributed by atoms with Crippen molar-refractivity contribution >= 4 is 40.0 Å². The van der Waals surface area contributed by atoms with Crippen molar-refractivity contribution < 1.29 is 0 Å². The molecule has 1 aliphatic rings. The third kappa shape index (κ3) is 2.67. The predicted octanol–water partition coefficient (Wildman–Crippen LogP) is 4.69. The monoisotopic (exact) mass is 367 g/mol. The van der Waals surface area contributed by atoms with Crippen molar-refractivity contribution in [1.82, 2.24) is 0 Å². The zero-order valence-corrected chi connectivity index (χ0v) is 12.9. The highest BCUT2D eigenvalue weighted by Gasteiger charge is 2.19. The van der Waals surface area contributed by atoms with Crippen LogP contribution in [0.3, 0.4) is 0 Å². The number of rotatable bonds is 2. The second-order valence-electron chi connectivity index (χ2n) is 4.42. The highest BCUT2D eigenvalue weighted by molar-refractivity contribution is 14.1. The second-order valence-corrected chi connectivity index (χ2v) is 6.69. The van der Waals surface area contributed by atoms with E-state index in [0.29, 0.717) is 6.04 Å². The molecule has 3 rings (SSSR count). The highest BCUT2D eigenvalue weighted by atomic mass is 127. The molecule has 2 aromatic carbocycles. The lowest BCUT2D eigenvalue weighted by Gasteiger charge is -2.26. The number of anilines is 1. The average Bonchev–Trinajstić information content (AvgIpc) is 2.42. The Kier molecular flexibility index (Phi) is 3.80. The van der Waals surface area contributed by atoms with E-state index in [1.54, 1.807) is 0 Å². The van der Waals surface area contributed by atoms with Crippen LogP contribution in [-0.2, 0) is 5.75 Å². The predicted molar refractivity (Wildman–Crippen MR) is 88.1 cm³/mol. The summed E-state index contributed by atoms with van der Waals surface area (Å²) in [6.45, 7) is 0. The van der Waals surface area contributed by atoms with Crippen LogP contribution >= 0.6 is 34.4 Å². The van der Waals surface area contributed by atoms with Gasteiger partial charge >= 0.3 is 0 Å². The lowest BCUT2D eigenvalue weighted by Crippen LogP contribution is -2.18. The quantitative estimate of drug-likeness (QED) is 0.773. The normalized spacial score (nSPS) is 18.2. The first-order chi connectivity index (χ1) is 8.83. The van der Waals surface area contributed by atoms with Gasteiger partial charge in [-0.1, -0.05) is 24.3 Å². The summed E-state index contributed by atoms with van der Waals surface area (Å²) in [5.41, 5.74) is 4.13. The van der Waals surface area contributed by atoms with Crippen LogP contribution in [-0.4, -0.2) is 5.75 Å². The fourth-order valence-corrected chi connectivity index (χ4v) is 3.71. The number of halogens is 1. The molecule has 2 aromatic rings. The van der Waals surface area contributed by atoms with Crippen molar-refractivity contribution in [1.29, 1.82) is 0 Å². The Morgan fingerprint density at radius 3 is 2.67 bits per heavy atom. The van der Waals surface area contributed by atoms with Crippen LogP contribution in [0.25, 0.3) is 0 Å². The van der Waals surface area contributed by atoms with E-state index in [0.717, 1.165) is 11.5 Å². The van der Waals surface area contributed by atoms with Gasteiger partial charge in [-0.15, -0.1) is 0 Å². The fourth-order valence-electron chi connectivity index (χ4n) is 2.25. The summed E-state index contributed by atoms with van der Waals surface area (Å²) < 4.78 is 1.27. The molecular formula is C15H14INS. The maximum atomic E-state index is 3.64. The molecule has 3 heteroatoms. The van der Waals surface area contributed by atoms with Crippen LogP contribution in [0.1, 0.15) is 17.2 Å². The van der Waals surface area contributed by atoms with Crippen LogP contribution in [0.4, 0.5) is 5.69 Å². The summed E-state index contributed by atoms with van der Waals surface area (Å²) in [4.78, 5) is 0. The van der Waals surface area contributed by atoms with Crippen LogP contribution in [0.15, 0.2) is 48.5 Å². The maximum absolute atomic E-state index is 3.64. The first-order valence-electron chi connectivity index (χ1n) is 6.00. The molecule has 0 aliphatic carbocycles. The van der Waals surface area contributed by atoms with Gasteiger partial charge in [-0.2, -0.15) is 11.8 Å². The lowest BCUT2D eigenvalue weighted by atomic mass is 10.0. The van der Waals surface area contributed by atoms with Gasteiger partial charge in [0.2, 0.25) is 0 Å². The van der Waals surface area contributed by atoms with E-state index in [4.69, 9.17) is 0 Å². The molecule has 1 heterocycles. The van der Waals surface area contributed by atoms with Gasteiger partial charge in [0.25, 0.3) is 0 Å². The summed E-state index contributed by atoms with van der Waals surface area (Å²) >= 11 is 4.34. The van der Waals surface area contributed by atoms with E-state index < -0.39 is 0 Å². The minimum atomic E-state index is 0.431. The molecule has 92 valence electrons. The summed E-state index contributed by atoms with van der Waals surface area (Å²) in [5, 5.41) is 3.64. The number of benzene rings is 2. The van der Waals surface area contributed by atoms with Gasteiger partial charge in [-0.05, 0) is 58.0 Å². The van der Waals surface area contributed by atoms with Crippen molar-refractivity contribution in [3.8, 4) is 0 Å². The average molecular weight is 367 g/mol. The van der Waals surface area contributed by atoms with Gasteiger partial charge < -0.3 is 5.32 Å². The molecule has 18 heavy (non-hydrogen) atoms. The molecule has 0 spiro atoms. The van der Waals surface area contributed by atoms with Gasteiger partial charge in [0, 0.05) is 20.8 Å². The third-order valence-corrected chi connectivity index (χ3v) is 4.96. The molecule has 1 N–H and O–H groups in total. The molecule has 0 fully saturated rings. The molecule has 0 aromatic heterocycles. The minimum absolute atomic E-state index is 0.431. The van der Waals surface area contributed by atoms with Crippen molar-refractivity contribution in [3.05, 3.63) is 63.2 Å². The number of nitrogens with one attached hydrogen (secondary N) is 1. The van der Waals surface area contributed by atoms with E-state index in [1.165, 1.54) is 20.4 Å². The molecule has 0 radical (unpaired) electrons. The molecule has 0 saturated carbocycles. The van der Waals surface area contributed by atoms with Crippen molar-refractivity contribution in [3.63, 3.8) is 0 Å². The minimum Gasteiger partial charge on any atom is -0.377 e. The Bertz CT molecular complexity index is 538. The van der Waals surface area contributed by atoms with Gasteiger partial charge in [0.05, 0.1) is 6.04 Å². The van der Waals surface area contributed by atoms with Crippen molar-refractivity contribution in [2.75, 3.05) is 11.1 Å². The Labute approximate surface area is 126 Å². The van der Waals surface area contributed by atoms with E-state index in [2.05, 4.69) is 76.4 Å². The maximum Gasteiger partial charge on any atom is 0.0607 e. The topological polar surface area (TPSA) is 12.0 Å². The van der Waals surface area contributed by atoms with Crippen LogP contribution < -0.4 is 5.32 Å². The molecule has 0 bridgehead atoms. The fraction of sp³-hybridized carbons (Fsp3) is 0.200. The summed E-state index contributed by atoms with van der Waals surface area (Å²) in [5.74, 6) is 2.28. The molecule has 1 atom stereocenters. The molecule has 1 aliphatic heterocycles. The smallest absolute Gasteiger partial charge is 0.0607 e. The molecule has 0 amide bonds. The molecular weight excluding hydrogens is 353 g/mol. The Morgan fingerprint density at radius 1 is 1.06 bits per heavy atom. The third-order valence-electron chi connectivity index (χ3n) is 3.16.